The van der Waals surface area contributed by atoms with Crippen LogP contribution in [0.4, 0.5) is 4.39 Å². The van der Waals surface area contributed by atoms with E-state index in [1.807, 2.05) is 0 Å². The van der Waals surface area contributed by atoms with E-state index in [1.165, 1.54) is 12.1 Å². The molecule has 1 spiro atoms. The van der Waals surface area contributed by atoms with Gasteiger partial charge in [-0.15, -0.1) is 0 Å². The molecule has 0 radical (unpaired) electrons. The van der Waals surface area contributed by atoms with Crippen LogP contribution in [-0.4, -0.2) is 23.9 Å². The van der Waals surface area contributed by atoms with Gasteiger partial charge >= 0.3 is 0 Å². The Kier molecular flexibility index (Phi) is 3.23. The van der Waals surface area contributed by atoms with Gasteiger partial charge in [0.1, 0.15) is 17.2 Å². The van der Waals surface area contributed by atoms with Gasteiger partial charge in [-0.2, -0.15) is 0 Å². The maximum Gasteiger partial charge on any atom is 0.126 e. The standard InChI is InChI=1S/C15H19FO3/c1-18-11-4-6-15(7-5-11)9-13(17)12-8-10(16)2-3-14(12)19-15/h2-3,8,11,13,17H,4-7,9H2,1H3/t11?,13-,15?/m1/s1. The van der Waals surface area contributed by atoms with Gasteiger partial charge in [-0.1, -0.05) is 0 Å². The van der Waals surface area contributed by atoms with Gasteiger partial charge in [0, 0.05) is 19.1 Å². The first-order chi connectivity index (χ1) is 9.12. The average Bonchev–Trinajstić information content (AvgIpc) is 2.41. The number of hydrogen-bond acceptors (Lipinski definition) is 3. The van der Waals surface area contributed by atoms with Crippen molar-refractivity contribution in [1.82, 2.24) is 0 Å². The molecule has 0 saturated heterocycles. The van der Waals surface area contributed by atoms with Crippen LogP contribution < -0.4 is 4.74 Å². The van der Waals surface area contributed by atoms with Gasteiger partial charge in [0.15, 0.2) is 0 Å². The smallest absolute Gasteiger partial charge is 0.126 e. The van der Waals surface area contributed by atoms with E-state index >= 15 is 0 Å². The van der Waals surface area contributed by atoms with Gasteiger partial charge in [-0.05, 0) is 43.9 Å². The van der Waals surface area contributed by atoms with Crippen molar-refractivity contribution in [2.45, 2.75) is 49.9 Å². The fourth-order valence-electron chi connectivity index (χ4n) is 3.27. The molecule has 0 unspecified atom stereocenters. The summed E-state index contributed by atoms with van der Waals surface area (Å²) < 4.78 is 24.7. The summed E-state index contributed by atoms with van der Waals surface area (Å²) in [6.07, 6.45) is 3.83. The van der Waals surface area contributed by atoms with Crippen LogP contribution in [0.5, 0.6) is 5.75 Å². The van der Waals surface area contributed by atoms with Crippen molar-refractivity contribution < 1.29 is 19.0 Å². The monoisotopic (exact) mass is 266 g/mol. The molecule has 3 rings (SSSR count). The number of ether oxygens (including phenoxy) is 2. The minimum Gasteiger partial charge on any atom is -0.487 e. The molecule has 1 aromatic rings. The highest BCUT2D eigenvalue weighted by molar-refractivity contribution is 5.38. The Morgan fingerprint density at radius 2 is 2.11 bits per heavy atom. The third-order valence-corrected chi connectivity index (χ3v) is 4.40. The maximum absolute atomic E-state index is 13.2. The molecule has 1 aliphatic carbocycles. The number of aliphatic hydroxyl groups is 1. The van der Waals surface area contributed by atoms with Crippen molar-refractivity contribution in [1.29, 1.82) is 0 Å². The lowest BCUT2D eigenvalue weighted by Gasteiger charge is -2.44. The number of rotatable bonds is 1. The molecule has 1 atom stereocenters. The van der Waals surface area contributed by atoms with E-state index in [4.69, 9.17) is 9.47 Å². The molecule has 1 heterocycles. The van der Waals surface area contributed by atoms with E-state index in [0.717, 1.165) is 25.7 Å². The summed E-state index contributed by atoms with van der Waals surface area (Å²) in [5, 5.41) is 10.2. The molecular weight excluding hydrogens is 247 g/mol. The number of hydrogen-bond donors (Lipinski definition) is 1. The Morgan fingerprint density at radius 3 is 2.79 bits per heavy atom. The Hall–Kier alpha value is -1.13. The molecule has 1 N–H and O–H groups in total. The maximum atomic E-state index is 13.2. The van der Waals surface area contributed by atoms with Crippen LogP contribution in [0.1, 0.15) is 43.8 Å². The van der Waals surface area contributed by atoms with Crippen LogP contribution in [0, 0.1) is 5.82 Å². The van der Waals surface area contributed by atoms with Crippen LogP contribution in [-0.2, 0) is 4.74 Å². The SMILES string of the molecule is COC1CCC2(CC1)C[C@@H](O)c1cc(F)ccc1O2. The van der Waals surface area contributed by atoms with Crippen molar-refractivity contribution in [2.75, 3.05) is 7.11 Å². The highest BCUT2D eigenvalue weighted by atomic mass is 19.1. The van der Waals surface area contributed by atoms with E-state index in [1.54, 1.807) is 13.2 Å². The summed E-state index contributed by atoms with van der Waals surface area (Å²) in [4.78, 5) is 0. The normalized spacial score (nSPS) is 33.8. The predicted octanol–water partition coefficient (Wildman–Crippen LogP) is 2.97. The summed E-state index contributed by atoms with van der Waals surface area (Å²) in [5.74, 6) is 0.288. The molecule has 3 nitrogen and oxygen atoms in total. The first kappa shape index (κ1) is 12.9. The number of methoxy groups -OCH3 is 1. The fourth-order valence-corrected chi connectivity index (χ4v) is 3.27. The number of fused-ring (bicyclic) bond motifs is 1. The van der Waals surface area contributed by atoms with Crippen LogP contribution in [0.25, 0.3) is 0 Å². The zero-order chi connectivity index (χ0) is 13.5. The van der Waals surface area contributed by atoms with Crippen LogP contribution in [0.15, 0.2) is 18.2 Å². The molecule has 1 fully saturated rings. The molecule has 1 aliphatic heterocycles. The molecule has 0 aromatic heterocycles. The summed E-state index contributed by atoms with van der Waals surface area (Å²) in [5.41, 5.74) is 0.263. The van der Waals surface area contributed by atoms with Crippen LogP contribution >= 0.6 is 0 Å². The molecule has 104 valence electrons. The molecule has 19 heavy (non-hydrogen) atoms. The van der Waals surface area contributed by atoms with Crippen molar-refractivity contribution in [3.05, 3.63) is 29.6 Å². The average molecular weight is 266 g/mol. The first-order valence-corrected chi connectivity index (χ1v) is 6.81. The van der Waals surface area contributed by atoms with E-state index in [9.17, 15) is 9.50 Å². The lowest BCUT2D eigenvalue weighted by molar-refractivity contribution is -0.0673. The number of benzene rings is 1. The first-order valence-electron chi connectivity index (χ1n) is 6.81. The van der Waals surface area contributed by atoms with Gasteiger partial charge in [0.05, 0.1) is 12.2 Å². The molecule has 1 saturated carbocycles. The van der Waals surface area contributed by atoms with E-state index in [2.05, 4.69) is 0 Å². The zero-order valence-corrected chi connectivity index (χ0v) is 11.1. The van der Waals surface area contributed by atoms with Gasteiger partial charge in [-0.25, -0.2) is 4.39 Å². The van der Waals surface area contributed by atoms with Crippen LogP contribution in [0.2, 0.25) is 0 Å². The molecule has 0 amide bonds. The largest absolute Gasteiger partial charge is 0.487 e. The lowest BCUT2D eigenvalue weighted by atomic mass is 9.77. The summed E-state index contributed by atoms with van der Waals surface area (Å²) in [7, 11) is 1.73. The third-order valence-electron chi connectivity index (χ3n) is 4.40. The van der Waals surface area contributed by atoms with Crippen molar-refractivity contribution in [2.24, 2.45) is 0 Å². The van der Waals surface area contributed by atoms with E-state index in [-0.39, 0.29) is 11.4 Å². The quantitative estimate of drug-likeness (QED) is 0.849. The fraction of sp³-hybridized carbons (Fsp3) is 0.600. The molecule has 1 aromatic carbocycles. The second-order valence-corrected chi connectivity index (χ2v) is 5.62. The van der Waals surface area contributed by atoms with Gasteiger partial charge < -0.3 is 14.6 Å². The number of aliphatic hydroxyl groups excluding tert-OH is 1. The third kappa shape index (κ3) is 2.35. The van der Waals surface area contributed by atoms with Crippen molar-refractivity contribution in [3.63, 3.8) is 0 Å². The minimum absolute atomic E-state index is 0.293. The highest BCUT2D eigenvalue weighted by Crippen LogP contribution is 2.46. The zero-order valence-electron chi connectivity index (χ0n) is 11.1. The van der Waals surface area contributed by atoms with Gasteiger partial charge in [0.25, 0.3) is 0 Å². The lowest BCUT2D eigenvalue weighted by Crippen LogP contribution is -2.45. The Morgan fingerprint density at radius 1 is 1.37 bits per heavy atom. The Bertz CT molecular complexity index is 466. The molecule has 2 aliphatic rings. The second kappa shape index (κ2) is 4.76. The van der Waals surface area contributed by atoms with Crippen molar-refractivity contribution in [3.8, 4) is 5.75 Å². The van der Waals surface area contributed by atoms with Crippen molar-refractivity contribution >= 4 is 0 Å². The van der Waals surface area contributed by atoms with Gasteiger partial charge in [0.2, 0.25) is 0 Å². The van der Waals surface area contributed by atoms with Gasteiger partial charge in [-0.3, -0.25) is 0 Å². The molecule has 0 bridgehead atoms. The predicted molar refractivity (Wildman–Crippen MR) is 68.6 cm³/mol. The Balaban J connectivity index is 1.83. The highest BCUT2D eigenvalue weighted by Gasteiger charge is 2.43. The second-order valence-electron chi connectivity index (χ2n) is 5.62. The molecule has 4 heteroatoms. The Labute approximate surface area is 112 Å². The van der Waals surface area contributed by atoms with E-state index < -0.39 is 6.10 Å². The summed E-state index contributed by atoms with van der Waals surface area (Å²) in [6, 6.07) is 4.37. The summed E-state index contributed by atoms with van der Waals surface area (Å²) >= 11 is 0. The van der Waals surface area contributed by atoms with Crippen LogP contribution in [0.3, 0.4) is 0 Å². The topological polar surface area (TPSA) is 38.7 Å². The van der Waals surface area contributed by atoms with E-state index in [0.29, 0.717) is 23.8 Å². The molecular formula is C15H19FO3. The summed E-state index contributed by atoms with van der Waals surface area (Å²) in [6.45, 7) is 0. The number of halogens is 1. The minimum atomic E-state index is -0.640.